The van der Waals surface area contributed by atoms with Crippen molar-refractivity contribution in [1.82, 2.24) is 14.8 Å². The fourth-order valence-electron chi connectivity index (χ4n) is 2.72. The fraction of sp³-hybridized carbons (Fsp3) is 0.444. The molecule has 0 aliphatic heterocycles. The van der Waals surface area contributed by atoms with Gasteiger partial charge in [0.1, 0.15) is 17.1 Å². The molecular weight excluding hydrogens is 306 g/mol. The summed E-state index contributed by atoms with van der Waals surface area (Å²) in [5.74, 6) is 1.07. The standard InChI is InChI=1S/C18H25N3O3/c1-12-8-9-21(13(2)11-20(4)5)18(23)16(12)17(22)19-10-15-7-6-14(3)24-15/h6-9,13H,10-11H2,1-5H3,(H,19,22). The van der Waals surface area contributed by atoms with Crippen LogP contribution in [0.2, 0.25) is 0 Å². The molecule has 0 aromatic carbocycles. The van der Waals surface area contributed by atoms with E-state index in [1.165, 1.54) is 0 Å². The van der Waals surface area contributed by atoms with Crippen LogP contribution < -0.4 is 10.9 Å². The fourth-order valence-corrected chi connectivity index (χ4v) is 2.72. The van der Waals surface area contributed by atoms with Gasteiger partial charge in [-0.1, -0.05) is 0 Å². The number of aromatic nitrogens is 1. The van der Waals surface area contributed by atoms with Crippen molar-refractivity contribution >= 4 is 5.91 Å². The van der Waals surface area contributed by atoms with Gasteiger partial charge in [0.2, 0.25) is 0 Å². The molecule has 130 valence electrons. The van der Waals surface area contributed by atoms with Crippen LogP contribution in [0.4, 0.5) is 0 Å². The Balaban J connectivity index is 2.22. The number of carbonyl (C=O) groups excluding carboxylic acids is 1. The lowest BCUT2D eigenvalue weighted by atomic mass is 10.1. The van der Waals surface area contributed by atoms with E-state index in [9.17, 15) is 9.59 Å². The van der Waals surface area contributed by atoms with Gasteiger partial charge in [0.15, 0.2) is 0 Å². The second-order valence-electron chi connectivity index (χ2n) is 6.39. The second-order valence-corrected chi connectivity index (χ2v) is 6.39. The van der Waals surface area contributed by atoms with E-state index in [4.69, 9.17) is 4.42 Å². The van der Waals surface area contributed by atoms with E-state index in [1.54, 1.807) is 23.8 Å². The van der Waals surface area contributed by atoms with Gasteiger partial charge in [0, 0.05) is 18.8 Å². The Labute approximate surface area is 142 Å². The first kappa shape index (κ1) is 18.0. The van der Waals surface area contributed by atoms with Crippen LogP contribution in [0.3, 0.4) is 0 Å². The van der Waals surface area contributed by atoms with Crippen LogP contribution in [-0.4, -0.2) is 36.0 Å². The number of aryl methyl sites for hydroxylation is 2. The van der Waals surface area contributed by atoms with E-state index in [1.807, 2.05) is 45.0 Å². The third-order valence-corrected chi connectivity index (χ3v) is 3.88. The minimum Gasteiger partial charge on any atom is -0.465 e. The Morgan fingerprint density at radius 3 is 2.58 bits per heavy atom. The van der Waals surface area contributed by atoms with Crippen LogP contribution in [0.15, 0.2) is 33.6 Å². The van der Waals surface area contributed by atoms with Gasteiger partial charge in [-0.15, -0.1) is 0 Å². The zero-order valence-corrected chi connectivity index (χ0v) is 14.9. The molecule has 2 aromatic rings. The first-order chi connectivity index (χ1) is 11.3. The van der Waals surface area contributed by atoms with Crippen LogP contribution in [0, 0.1) is 13.8 Å². The summed E-state index contributed by atoms with van der Waals surface area (Å²) in [6, 6.07) is 5.43. The molecule has 0 fully saturated rings. The molecule has 2 rings (SSSR count). The molecule has 2 aromatic heterocycles. The SMILES string of the molecule is Cc1ccc(CNC(=O)c2c(C)ccn(C(C)CN(C)C)c2=O)o1. The molecule has 0 saturated heterocycles. The predicted octanol–water partition coefficient (Wildman–Crippen LogP) is 2.11. The molecule has 0 radical (unpaired) electrons. The van der Waals surface area contributed by atoms with Crippen LogP contribution in [-0.2, 0) is 6.54 Å². The van der Waals surface area contributed by atoms with Crippen molar-refractivity contribution < 1.29 is 9.21 Å². The Morgan fingerprint density at radius 1 is 1.29 bits per heavy atom. The molecule has 6 nitrogen and oxygen atoms in total. The number of likely N-dealkylation sites (N-methyl/N-ethyl adjacent to an activating group) is 1. The predicted molar refractivity (Wildman–Crippen MR) is 93.3 cm³/mol. The van der Waals surface area contributed by atoms with Gasteiger partial charge in [-0.3, -0.25) is 9.59 Å². The van der Waals surface area contributed by atoms with Gasteiger partial charge < -0.3 is 19.2 Å². The van der Waals surface area contributed by atoms with Crippen molar-refractivity contribution in [3.05, 3.63) is 57.4 Å². The summed E-state index contributed by atoms with van der Waals surface area (Å²) in [4.78, 5) is 27.2. The maximum atomic E-state index is 12.7. The van der Waals surface area contributed by atoms with Crippen molar-refractivity contribution in [3.8, 4) is 0 Å². The number of nitrogens with one attached hydrogen (secondary N) is 1. The zero-order valence-electron chi connectivity index (χ0n) is 14.9. The molecule has 0 aliphatic rings. The van der Waals surface area contributed by atoms with Crippen molar-refractivity contribution in [3.63, 3.8) is 0 Å². The van der Waals surface area contributed by atoms with E-state index in [0.29, 0.717) is 11.3 Å². The molecule has 0 aliphatic carbocycles. The summed E-state index contributed by atoms with van der Waals surface area (Å²) in [5.41, 5.74) is 0.588. The number of hydrogen-bond donors (Lipinski definition) is 1. The monoisotopic (exact) mass is 331 g/mol. The highest BCUT2D eigenvalue weighted by Gasteiger charge is 2.18. The Morgan fingerprint density at radius 2 is 2.00 bits per heavy atom. The van der Waals surface area contributed by atoms with Crippen LogP contribution in [0.25, 0.3) is 0 Å². The molecular formula is C18H25N3O3. The van der Waals surface area contributed by atoms with Crippen molar-refractivity contribution in [2.45, 2.75) is 33.4 Å². The summed E-state index contributed by atoms with van der Waals surface area (Å²) in [6.07, 6.45) is 1.75. The molecule has 0 saturated carbocycles. The van der Waals surface area contributed by atoms with Gasteiger partial charge in [-0.25, -0.2) is 0 Å². The third-order valence-electron chi connectivity index (χ3n) is 3.88. The maximum absolute atomic E-state index is 12.7. The largest absolute Gasteiger partial charge is 0.465 e. The number of hydrogen-bond acceptors (Lipinski definition) is 4. The van der Waals surface area contributed by atoms with Crippen molar-refractivity contribution in [2.24, 2.45) is 0 Å². The molecule has 1 N–H and O–H groups in total. The normalized spacial score (nSPS) is 12.4. The maximum Gasteiger partial charge on any atom is 0.263 e. The molecule has 6 heteroatoms. The van der Waals surface area contributed by atoms with Gasteiger partial charge in [0.05, 0.1) is 6.54 Å². The molecule has 0 spiro atoms. The molecule has 1 amide bonds. The van der Waals surface area contributed by atoms with E-state index in [-0.39, 0.29) is 29.6 Å². The Bertz CT molecular complexity index is 774. The highest BCUT2D eigenvalue weighted by molar-refractivity contribution is 5.95. The number of amides is 1. The lowest BCUT2D eigenvalue weighted by Gasteiger charge is -2.20. The highest BCUT2D eigenvalue weighted by Crippen LogP contribution is 2.09. The summed E-state index contributed by atoms with van der Waals surface area (Å²) in [5, 5.41) is 2.76. The third kappa shape index (κ3) is 4.14. The van der Waals surface area contributed by atoms with Crippen LogP contribution >= 0.6 is 0 Å². The molecule has 24 heavy (non-hydrogen) atoms. The molecule has 1 unspecified atom stereocenters. The average molecular weight is 331 g/mol. The first-order valence-corrected chi connectivity index (χ1v) is 7.99. The second kappa shape index (κ2) is 7.49. The summed E-state index contributed by atoms with van der Waals surface area (Å²) in [6.45, 7) is 6.55. The number of nitrogens with zero attached hydrogens (tertiary/aromatic N) is 2. The minimum absolute atomic E-state index is 0.0210. The average Bonchev–Trinajstić information content (AvgIpc) is 2.90. The van der Waals surface area contributed by atoms with Gasteiger partial charge >= 0.3 is 0 Å². The first-order valence-electron chi connectivity index (χ1n) is 7.99. The van der Waals surface area contributed by atoms with Gasteiger partial charge in [-0.2, -0.15) is 0 Å². The van der Waals surface area contributed by atoms with E-state index in [2.05, 4.69) is 5.32 Å². The van der Waals surface area contributed by atoms with Crippen LogP contribution in [0.1, 0.15) is 40.4 Å². The number of carbonyl (C=O) groups is 1. The topological polar surface area (TPSA) is 67.5 Å². The van der Waals surface area contributed by atoms with E-state index in [0.717, 1.165) is 12.3 Å². The highest BCUT2D eigenvalue weighted by atomic mass is 16.3. The lowest BCUT2D eigenvalue weighted by molar-refractivity contribution is 0.0945. The van der Waals surface area contributed by atoms with Crippen molar-refractivity contribution in [2.75, 3.05) is 20.6 Å². The van der Waals surface area contributed by atoms with E-state index >= 15 is 0 Å². The number of rotatable bonds is 6. The smallest absolute Gasteiger partial charge is 0.263 e. The quantitative estimate of drug-likeness (QED) is 0.880. The molecule has 0 bridgehead atoms. The van der Waals surface area contributed by atoms with Crippen LogP contribution in [0.5, 0.6) is 0 Å². The summed E-state index contributed by atoms with van der Waals surface area (Å²) >= 11 is 0. The molecule has 2 heterocycles. The minimum atomic E-state index is -0.377. The van der Waals surface area contributed by atoms with E-state index < -0.39 is 0 Å². The Kier molecular flexibility index (Phi) is 5.62. The Hall–Kier alpha value is -2.34. The number of pyridine rings is 1. The number of furan rings is 1. The van der Waals surface area contributed by atoms with Gasteiger partial charge in [0.25, 0.3) is 11.5 Å². The zero-order chi connectivity index (χ0) is 17.9. The lowest BCUT2D eigenvalue weighted by Crippen LogP contribution is -2.36. The summed E-state index contributed by atoms with van der Waals surface area (Å²) < 4.78 is 7.04. The van der Waals surface area contributed by atoms with Crippen molar-refractivity contribution in [1.29, 1.82) is 0 Å². The molecule has 1 atom stereocenters. The van der Waals surface area contributed by atoms with Gasteiger partial charge in [-0.05, 0) is 58.6 Å². The summed E-state index contributed by atoms with van der Waals surface area (Å²) in [7, 11) is 3.91.